The van der Waals surface area contributed by atoms with E-state index in [-0.39, 0.29) is 0 Å². The molecule has 0 spiro atoms. The summed E-state index contributed by atoms with van der Waals surface area (Å²) in [4.78, 5) is 0. The number of benzene rings is 1. The van der Waals surface area contributed by atoms with Gasteiger partial charge in [0, 0.05) is 18.3 Å². The molecule has 1 atom stereocenters. The highest BCUT2D eigenvalue weighted by atomic mass is 32.2. The molecule has 0 amide bonds. The molecule has 1 N–H and O–H groups in total. The van der Waals surface area contributed by atoms with E-state index in [1.54, 1.807) is 7.11 Å². The molecule has 3 heteroatoms. The molecule has 1 aliphatic rings. The Morgan fingerprint density at radius 1 is 1.33 bits per heavy atom. The zero-order valence-electron chi connectivity index (χ0n) is 11.5. The van der Waals surface area contributed by atoms with Crippen LogP contribution in [-0.2, 0) is 6.54 Å². The van der Waals surface area contributed by atoms with Crippen LogP contribution in [0.15, 0.2) is 24.3 Å². The van der Waals surface area contributed by atoms with Crippen LogP contribution in [0.5, 0.6) is 5.75 Å². The van der Waals surface area contributed by atoms with Gasteiger partial charge in [-0.05, 0) is 35.3 Å². The molecule has 1 aliphatic heterocycles. The highest BCUT2D eigenvalue weighted by Crippen LogP contribution is 2.33. The van der Waals surface area contributed by atoms with Crippen LogP contribution in [0.2, 0.25) is 0 Å². The number of hydrogen-bond donors (Lipinski definition) is 1. The zero-order valence-corrected chi connectivity index (χ0v) is 12.3. The van der Waals surface area contributed by atoms with Gasteiger partial charge >= 0.3 is 0 Å². The van der Waals surface area contributed by atoms with Crippen LogP contribution < -0.4 is 10.1 Å². The van der Waals surface area contributed by atoms with E-state index in [9.17, 15) is 0 Å². The minimum Gasteiger partial charge on any atom is -0.497 e. The predicted octanol–water partition coefficient (Wildman–Crippen LogP) is 3.32. The van der Waals surface area contributed by atoms with Crippen molar-refractivity contribution in [3.63, 3.8) is 0 Å². The van der Waals surface area contributed by atoms with Gasteiger partial charge in [-0.1, -0.05) is 26.0 Å². The summed E-state index contributed by atoms with van der Waals surface area (Å²) in [6, 6.07) is 8.95. The van der Waals surface area contributed by atoms with Gasteiger partial charge in [-0.3, -0.25) is 0 Å². The molecule has 1 fully saturated rings. The molecule has 0 saturated carbocycles. The first-order chi connectivity index (χ1) is 8.59. The minimum absolute atomic E-state index is 0.473. The number of nitrogens with one attached hydrogen (secondary N) is 1. The Balaban J connectivity index is 1.83. The second-order valence-corrected chi connectivity index (χ2v) is 6.84. The minimum atomic E-state index is 0.473. The van der Waals surface area contributed by atoms with Gasteiger partial charge in [0.25, 0.3) is 0 Å². The van der Waals surface area contributed by atoms with Crippen molar-refractivity contribution in [2.45, 2.75) is 32.9 Å². The van der Waals surface area contributed by atoms with Crippen molar-refractivity contribution in [1.82, 2.24) is 5.32 Å². The van der Waals surface area contributed by atoms with E-state index in [4.69, 9.17) is 4.74 Å². The number of thioether (sulfide) groups is 1. The summed E-state index contributed by atoms with van der Waals surface area (Å²) in [5.74, 6) is 3.45. The average molecular weight is 265 g/mol. The van der Waals surface area contributed by atoms with E-state index in [2.05, 4.69) is 43.1 Å². The van der Waals surface area contributed by atoms with Crippen LogP contribution in [-0.4, -0.2) is 24.7 Å². The third-order valence-corrected chi connectivity index (χ3v) is 4.99. The molecule has 1 aromatic rings. The molecule has 2 rings (SSSR count). The fourth-order valence-corrected chi connectivity index (χ4v) is 3.71. The van der Waals surface area contributed by atoms with Crippen LogP contribution in [0.25, 0.3) is 0 Å². The average Bonchev–Trinajstić information content (AvgIpc) is 2.36. The maximum atomic E-state index is 5.17. The molecule has 0 aliphatic carbocycles. The maximum Gasteiger partial charge on any atom is 0.118 e. The molecule has 1 aromatic carbocycles. The lowest BCUT2D eigenvalue weighted by molar-refractivity contribution is 0.317. The van der Waals surface area contributed by atoms with Crippen molar-refractivity contribution in [1.29, 1.82) is 0 Å². The van der Waals surface area contributed by atoms with Gasteiger partial charge in [0.2, 0.25) is 0 Å². The lowest BCUT2D eigenvalue weighted by atomic mass is 9.88. The van der Waals surface area contributed by atoms with Crippen LogP contribution in [0.1, 0.15) is 25.8 Å². The SMILES string of the molecule is COc1ccc(CNC2CSCC(C)(C)C2)cc1. The molecule has 1 saturated heterocycles. The summed E-state index contributed by atoms with van der Waals surface area (Å²) < 4.78 is 5.17. The van der Waals surface area contributed by atoms with Crippen molar-refractivity contribution in [2.75, 3.05) is 18.6 Å². The largest absolute Gasteiger partial charge is 0.497 e. The Morgan fingerprint density at radius 3 is 2.67 bits per heavy atom. The first-order valence-corrected chi connectivity index (χ1v) is 7.69. The Hall–Kier alpha value is -0.670. The first kappa shape index (κ1) is 13.8. The monoisotopic (exact) mass is 265 g/mol. The molecule has 18 heavy (non-hydrogen) atoms. The molecule has 0 radical (unpaired) electrons. The third-order valence-electron chi connectivity index (χ3n) is 3.36. The quantitative estimate of drug-likeness (QED) is 0.902. The van der Waals surface area contributed by atoms with E-state index in [0.29, 0.717) is 11.5 Å². The van der Waals surface area contributed by atoms with E-state index in [0.717, 1.165) is 12.3 Å². The van der Waals surface area contributed by atoms with E-state index in [1.165, 1.54) is 23.5 Å². The summed E-state index contributed by atoms with van der Waals surface area (Å²) in [7, 11) is 1.70. The summed E-state index contributed by atoms with van der Waals surface area (Å²) >= 11 is 2.07. The first-order valence-electron chi connectivity index (χ1n) is 6.53. The molecule has 1 heterocycles. The lowest BCUT2D eigenvalue weighted by Crippen LogP contribution is -2.39. The molecular formula is C15H23NOS. The fourth-order valence-electron chi connectivity index (χ4n) is 2.40. The Kier molecular flexibility index (Phi) is 4.57. The molecule has 2 nitrogen and oxygen atoms in total. The van der Waals surface area contributed by atoms with Gasteiger partial charge in [0.05, 0.1) is 7.11 Å². The van der Waals surface area contributed by atoms with Gasteiger partial charge in [-0.2, -0.15) is 11.8 Å². The lowest BCUT2D eigenvalue weighted by Gasteiger charge is -2.35. The topological polar surface area (TPSA) is 21.3 Å². The van der Waals surface area contributed by atoms with E-state index in [1.807, 2.05) is 12.1 Å². The second kappa shape index (κ2) is 5.98. The summed E-state index contributed by atoms with van der Waals surface area (Å²) in [6.45, 7) is 5.67. The maximum absolute atomic E-state index is 5.17. The Morgan fingerprint density at radius 2 is 2.06 bits per heavy atom. The molecule has 1 unspecified atom stereocenters. The van der Waals surface area contributed by atoms with E-state index >= 15 is 0 Å². The molecule has 100 valence electrons. The van der Waals surface area contributed by atoms with Crippen molar-refractivity contribution in [3.8, 4) is 5.75 Å². The van der Waals surface area contributed by atoms with Crippen LogP contribution >= 0.6 is 11.8 Å². The van der Waals surface area contributed by atoms with Crippen molar-refractivity contribution in [2.24, 2.45) is 5.41 Å². The smallest absolute Gasteiger partial charge is 0.118 e. The van der Waals surface area contributed by atoms with Gasteiger partial charge in [0.1, 0.15) is 5.75 Å². The van der Waals surface area contributed by atoms with Crippen LogP contribution in [0, 0.1) is 5.41 Å². The molecule has 0 aromatic heterocycles. The van der Waals surface area contributed by atoms with Crippen LogP contribution in [0.3, 0.4) is 0 Å². The highest BCUT2D eigenvalue weighted by molar-refractivity contribution is 7.99. The fraction of sp³-hybridized carbons (Fsp3) is 0.600. The Labute approximate surface area is 114 Å². The van der Waals surface area contributed by atoms with Crippen molar-refractivity contribution < 1.29 is 4.74 Å². The van der Waals surface area contributed by atoms with E-state index < -0.39 is 0 Å². The van der Waals surface area contributed by atoms with Crippen LogP contribution in [0.4, 0.5) is 0 Å². The summed E-state index contributed by atoms with van der Waals surface area (Å²) in [5.41, 5.74) is 1.80. The van der Waals surface area contributed by atoms with Gasteiger partial charge in [-0.15, -0.1) is 0 Å². The van der Waals surface area contributed by atoms with Crippen molar-refractivity contribution >= 4 is 11.8 Å². The number of rotatable bonds is 4. The number of methoxy groups -OCH3 is 1. The second-order valence-electron chi connectivity index (χ2n) is 5.81. The highest BCUT2D eigenvalue weighted by Gasteiger charge is 2.27. The Bertz CT molecular complexity index is 375. The molecule has 0 bridgehead atoms. The standard InChI is InChI=1S/C15H23NOS/c1-15(2)8-13(10-18-11-15)16-9-12-4-6-14(17-3)7-5-12/h4-7,13,16H,8-11H2,1-3H3. The normalized spacial score (nSPS) is 22.7. The van der Waals surface area contributed by atoms with Crippen molar-refractivity contribution in [3.05, 3.63) is 29.8 Å². The third kappa shape index (κ3) is 3.92. The summed E-state index contributed by atoms with van der Waals surface area (Å²) in [6.07, 6.45) is 1.27. The van der Waals surface area contributed by atoms with Gasteiger partial charge < -0.3 is 10.1 Å². The number of hydrogen-bond acceptors (Lipinski definition) is 3. The van der Waals surface area contributed by atoms with Gasteiger partial charge in [0.15, 0.2) is 0 Å². The summed E-state index contributed by atoms with van der Waals surface area (Å²) in [5, 5.41) is 3.67. The zero-order chi connectivity index (χ0) is 13.0. The number of ether oxygens (including phenoxy) is 1. The molecular weight excluding hydrogens is 242 g/mol. The predicted molar refractivity (Wildman–Crippen MR) is 79.3 cm³/mol. The van der Waals surface area contributed by atoms with Gasteiger partial charge in [-0.25, -0.2) is 0 Å².